The fourth-order valence-electron chi connectivity index (χ4n) is 2.69. The number of hydrogen-bond acceptors (Lipinski definition) is 7. The molecule has 0 fully saturated rings. The predicted molar refractivity (Wildman–Crippen MR) is 126 cm³/mol. The van der Waals surface area contributed by atoms with Crippen LogP contribution in [-0.2, 0) is 20.1 Å². The average Bonchev–Trinajstić information content (AvgIpc) is 2.77. The van der Waals surface area contributed by atoms with E-state index in [1.807, 2.05) is 6.92 Å². The Morgan fingerprint density at radius 3 is 2.27 bits per heavy atom. The van der Waals surface area contributed by atoms with Gasteiger partial charge in [0.15, 0.2) is 5.75 Å². The molecule has 0 heterocycles. The van der Waals surface area contributed by atoms with Crippen LogP contribution in [0.4, 0.5) is 0 Å². The van der Waals surface area contributed by atoms with Gasteiger partial charge in [-0.25, -0.2) is 4.83 Å². The van der Waals surface area contributed by atoms with Crippen molar-refractivity contribution in [2.24, 2.45) is 5.10 Å². The van der Waals surface area contributed by atoms with E-state index in [9.17, 15) is 16.8 Å². The minimum atomic E-state index is -4.15. The Balaban J connectivity index is 1.85. The SMILES string of the molecule is CCOc1cc(/C=N\NS(=O)(=O)c2ccc(C)cc2)cc(Cl)c1OS(=O)(=O)c1ccccc1. The van der Waals surface area contributed by atoms with E-state index >= 15 is 0 Å². The smallest absolute Gasteiger partial charge is 0.339 e. The van der Waals surface area contributed by atoms with Crippen molar-refractivity contribution in [3.8, 4) is 11.5 Å². The van der Waals surface area contributed by atoms with Gasteiger partial charge in [-0.3, -0.25) is 0 Å². The van der Waals surface area contributed by atoms with Crippen molar-refractivity contribution < 1.29 is 25.8 Å². The zero-order chi connectivity index (χ0) is 24.1. The number of hydrogen-bond donors (Lipinski definition) is 1. The largest absolute Gasteiger partial charge is 0.490 e. The molecule has 0 unspecified atom stereocenters. The van der Waals surface area contributed by atoms with Crippen LogP contribution in [0.25, 0.3) is 0 Å². The Hall–Kier alpha value is -3.08. The predicted octanol–water partition coefficient (Wildman–Crippen LogP) is 4.13. The van der Waals surface area contributed by atoms with Crippen molar-refractivity contribution >= 4 is 38.0 Å². The van der Waals surface area contributed by atoms with Crippen molar-refractivity contribution in [2.75, 3.05) is 6.61 Å². The van der Waals surface area contributed by atoms with Gasteiger partial charge in [0.2, 0.25) is 5.75 Å². The van der Waals surface area contributed by atoms with Gasteiger partial charge < -0.3 is 8.92 Å². The van der Waals surface area contributed by atoms with Crippen LogP contribution in [0.15, 0.2) is 81.6 Å². The monoisotopic (exact) mass is 508 g/mol. The van der Waals surface area contributed by atoms with Crippen molar-refractivity contribution in [3.05, 3.63) is 82.9 Å². The van der Waals surface area contributed by atoms with Gasteiger partial charge in [-0.1, -0.05) is 47.5 Å². The summed E-state index contributed by atoms with van der Waals surface area (Å²) in [6.45, 7) is 3.76. The third-order valence-corrected chi connectivity index (χ3v) is 7.03. The van der Waals surface area contributed by atoms with Crippen LogP contribution in [-0.4, -0.2) is 29.7 Å². The molecule has 0 bridgehead atoms. The molecule has 0 atom stereocenters. The van der Waals surface area contributed by atoms with Gasteiger partial charge in [-0.05, 0) is 55.8 Å². The minimum absolute atomic E-state index is 0.0420. The van der Waals surface area contributed by atoms with Crippen molar-refractivity contribution in [1.82, 2.24) is 4.83 Å². The van der Waals surface area contributed by atoms with Gasteiger partial charge in [0, 0.05) is 0 Å². The molecule has 0 amide bonds. The van der Waals surface area contributed by atoms with E-state index < -0.39 is 20.1 Å². The molecule has 11 heteroatoms. The number of sulfonamides is 1. The van der Waals surface area contributed by atoms with Crippen LogP contribution >= 0.6 is 11.6 Å². The summed E-state index contributed by atoms with van der Waals surface area (Å²) in [6.07, 6.45) is 1.22. The van der Waals surface area contributed by atoms with Crippen LogP contribution < -0.4 is 13.8 Å². The maximum atomic E-state index is 12.6. The molecule has 0 saturated heterocycles. The van der Waals surface area contributed by atoms with Gasteiger partial charge in [-0.15, -0.1) is 0 Å². The molecule has 1 N–H and O–H groups in total. The van der Waals surface area contributed by atoms with Gasteiger partial charge in [0.05, 0.1) is 22.7 Å². The molecular formula is C22H21ClN2O6S2. The lowest BCUT2D eigenvalue weighted by Crippen LogP contribution is -2.18. The van der Waals surface area contributed by atoms with E-state index in [2.05, 4.69) is 9.93 Å². The van der Waals surface area contributed by atoms with E-state index in [0.717, 1.165) is 5.56 Å². The van der Waals surface area contributed by atoms with E-state index in [4.69, 9.17) is 20.5 Å². The van der Waals surface area contributed by atoms with E-state index in [1.54, 1.807) is 37.3 Å². The molecular weight excluding hydrogens is 488 g/mol. The summed E-state index contributed by atoms with van der Waals surface area (Å²) in [5.41, 5.74) is 1.28. The first-order valence-electron chi connectivity index (χ1n) is 9.70. The number of aryl methyl sites for hydroxylation is 1. The third-order valence-electron chi connectivity index (χ3n) is 4.27. The van der Waals surface area contributed by atoms with Crippen LogP contribution in [0.3, 0.4) is 0 Å². The number of nitrogens with zero attached hydrogens (tertiary/aromatic N) is 1. The summed E-state index contributed by atoms with van der Waals surface area (Å²) in [6, 6.07) is 16.7. The second-order valence-corrected chi connectivity index (χ2v) is 10.4. The summed E-state index contributed by atoms with van der Waals surface area (Å²) < 4.78 is 60.6. The summed E-state index contributed by atoms with van der Waals surface area (Å²) >= 11 is 6.27. The fraction of sp³-hybridized carbons (Fsp3) is 0.136. The topological polar surface area (TPSA) is 111 Å². The van der Waals surface area contributed by atoms with Gasteiger partial charge >= 0.3 is 10.1 Å². The van der Waals surface area contributed by atoms with Crippen molar-refractivity contribution in [2.45, 2.75) is 23.6 Å². The number of benzene rings is 3. The van der Waals surface area contributed by atoms with Crippen LogP contribution in [0.1, 0.15) is 18.1 Å². The molecule has 0 radical (unpaired) electrons. The molecule has 0 spiro atoms. The number of ether oxygens (including phenoxy) is 1. The standard InChI is InChI=1S/C22H21ClN2O6S2/c1-3-30-21-14-17(15-24-25-32(26,27)18-11-9-16(2)10-12-18)13-20(23)22(21)31-33(28,29)19-7-5-4-6-8-19/h4-15,25H,3H2,1-2H3/b24-15-. The highest BCUT2D eigenvalue weighted by molar-refractivity contribution is 7.89. The molecule has 174 valence electrons. The summed E-state index contributed by atoms with van der Waals surface area (Å²) in [4.78, 5) is 2.14. The van der Waals surface area contributed by atoms with Crippen LogP contribution in [0.2, 0.25) is 5.02 Å². The normalized spacial score (nSPS) is 12.0. The maximum absolute atomic E-state index is 12.6. The molecule has 8 nitrogen and oxygen atoms in total. The summed E-state index contributed by atoms with van der Waals surface area (Å²) in [5, 5.41) is 3.72. The Bertz CT molecular complexity index is 1360. The zero-order valence-corrected chi connectivity index (χ0v) is 20.1. The zero-order valence-electron chi connectivity index (χ0n) is 17.7. The average molecular weight is 509 g/mol. The Kier molecular flexibility index (Phi) is 7.62. The van der Waals surface area contributed by atoms with Crippen molar-refractivity contribution in [1.29, 1.82) is 0 Å². The summed E-state index contributed by atoms with van der Waals surface area (Å²) in [5.74, 6) is -0.118. The summed E-state index contributed by atoms with van der Waals surface area (Å²) in [7, 11) is -8.01. The quantitative estimate of drug-likeness (QED) is 0.264. The second kappa shape index (κ2) is 10.2. The molecule has 3 aromatic rings. The second-order valence-electron chi connectivity index (χ2n) is 6.78. The third kappa shape index (κ3) is 6.25. The lowest BCUT2D eigenvalue weighted by molar-refractivity contribution is 0.327. The molecule has 33 heavy (non-hydrogen) atoms. The molecule has 0 aliphatic carbocycles. The minimum Gasteiger partial charge on any atom is -0.490 e. The Morgan fingerprint density at radius 1 is 0.970 bits per heavy atom. The lowest BCUT2D eigenvalue weighted by Gasteiger charge is -2.14. The molecule has 3 rings (SSSR count). The fourth-order valence-corrected chi connectivity index (χ4v) is 4.76. The lowest BCUT2D eigenvalue weighted by atomic mass is 10.2. The Morgan fingerprint density at radius 2 is 1.64 bits per heavy atom. The highest BCUT2D eigenvalue weighted by Gasteiger charge is 2.22. The maximum Gasteiger partial charge on any atom is 0.339 e. The van der Waals surface area contributed by atoms with E-state index in [1.165, 1.54) is 42.6 Å². The van der Waals surface area contributed by atoms with Gasteiger partial charge in [-0.2, -0.15) is 21.9 Å². The first-order valence-corrected chi connectivity index (χ1v) is 13.0. The van der Waals surface area contributed by atoms with Crippen LogP contribution in [0, 0.1) is 6.92 Å². The van der Waals surface area contributed by atoms with Gasteiger partial charge in [0.1, 0.15) is 4.90 Å². The van der Waals surface area contributed by atoms with Crippen LogP contribution in [0.5, 0.6) is 11.5 Å². The molecule has 0 aliphatic heterocycles. The molecule has 0 saturated carbocycles. The Labute approximate surface area is 198 Å². The highest BCUT2D eigenvalue weighted by atomic mass is 35.5. The van der Waals surface area contributed by atoms with E-state index in [0.29, 0.717) is 5.56 Å². The molecule has 0 aromatic heterocycles. The number of nitrogens with one attached hydrogen (secondary N) is 1. The molecule has 3 aromatic carbocycles. The number of hydrazone groups is 1. The van der Waals surface area contributed by atoms with Crippen molar-refractivity contribution in [3.63, 3.8) is 0 Å². The number of rotatable bonds is 9. The highest BCUT2D eigenvalue weighted by Crippen LogP contribution is 2.38. The van der Waals surface area contributed by atoms with Gasteiger partial charge in [0.25, 0.3) is 10.0 Å². The first kappa shape index (κ1) is 24.6. The van der Waals surface area contributed by atoms with E-state index in [-0.39, 0.29) is 32.9 Å². The molecule has 0 aliphatic rings. The first-order chi connectivity index (χ1) is 15.6. The number of halogens is 1.